The molecule has 0 atom stereocenters. The Morgan fingerprint density at radius 1 is 1.75 bits per heavy atom. The lowest BCUT2D eigenvalue weighted by Gasteiger charge is -2.05. The van der Waals surface area contributed by atoms with Crippen molar-refractivity contribution in [2.24, 2.45) is 7.05 Å². The van der Waals surface area contributed by atoms with Gasteiger partial charge in [-0.3, -0.25) is 0 Å². The molecular formula is C7H10N2O3. The van der Waals surface area contributed by atoms with Crippen molar-refractivity contribution in [2.45, 2.75) is 6.61 Å². The van der Waals surface area contributed by atoms with Gasteiger partial charge in [0.1, 0.15) is 0 Å². The standard InChI is InChI=1S/C7H10N2O3/c1-9-3-5(4-10)6(12-2)8-7(9)11/h3,10H,4H2,1-2H3. The van der Waals surface area contributed by atoms with Gasteiger partial charge in [-0.15, -0.1) is 0 Å². The lowest BCUT2D eigenvalue weighted by atomic mass is 10.3. The van der Waals surface area contributed by atoms with E-state index in [0.717, 1.165) is 0 Å². The van der Waals surface area contributed by atoms with Gasteiger partial charge in [-0.2, -0.15) is 4.98 Å². The lowest BCUT2D eigenvalue weighted by Crippen LogP contribution is -2.21. The van der Waals surface area contributed by atoms with E-state index in [-0.39, 0.29) is 12.5 Å². The maximum absolute atomic E-state index is 11.0. The summed E-state index contributed by atoms with van der Waals surface area (Å²) in [5.74, 6) is 0.181. The van der Waals surface area contributed by atoms with E-state index >= 15 is 0 Å². The molecule has 1 rings (SSSR count). The number of methoxy groups -OCH3 is 1. The van der Waals surface area contributed by atoms with Crippen molar-refractivity contribution in [1.82, 2.24) is 9.55 Å². The van der Waals surface area contributed by atoms with Gasteiger partial charge in [0.2, 0.25) is 5.88 Å². The molecule has 0 aliphatic rings. The third kappa shape index (κ3) is 1.45. The Hall–Kier alpha value is -1.36. The molecule has 0 unspecified atom stereocenters. The second-order valence-electron chi connectivity index (χ2n) is 2.33. The minimum Gasteiger partial charge on any atom is -0.481 e. The van der Waals surface area contributed by atoms with Crippen molar-refractivity contribution in [3.05, 3.63) is 22.2 Å². The van der Waals surface area contributed by atoms with Crippen LogP contribution in [0.25, 0.3) is 0 Å². The molecule has 1 heterocycles. The van der Waals surface area contributed by atoms with Gasteiger partial charge in [0, 0.05) is 13.2 Å². The fourth-order valence-electron chi connectivity index (χ4n) is 0.867. The van der Waals surface area contributed by atoms with E-state index in [4.69, 9.17) is 9.84 Å². The fraction of sp³-hybridized carbons (Fsp3) is 0.429. The summed E-state index contributed by atoms with van der Waals surface area (Å²) in [6.07, 6.45) is 1.49. The molecule has 1 aromatic rings. The predicted molar refractivity (Wildman–Crippen MR) is 42.0 cm³/mol. The van der Waals surface area contributed by atoms with E-state index < -0.39 is 5.69 Å². The Morgan fingerprint density at radius 3 is 2.92 bits per heavy atom. The number of aliphatic hydroxyl groups excluding tert-OH is 1. The Labute approximate surface area is 69.2 Å². The van der Waals surface area contributed by atoms with Crippen molar-refractivity contribution >= 4 is 0 Å². The Morgan fingerprint density at radius 2 is 2.42 bits per heavy atom. The lowest BCUT2D eigenvalue weighted by molar-refractivity contribution is 0.269. The van der Waals surface area contributed by atoms with Crippen molar-refractivity contribution in [1.29, 1.82) is 0 Å². The van der Waals surface area contributed by atoms with Crippen LogP contribution in [0.2, 0.25) is 0 Å². The van der Waals surface area contributed by atoms with E-state index in [1.54, 1.807) is 7.05 Å². The van der Waals surface area contributed by atoms with Crippen molar-refractivity contribution in [3.8, 4) is 5.88 Å². The molecule has 0 saturated heterocycles. The van der Waals surface area contributed by atoms with E-state index in [1.807, 2.05) is 0 Å². The first-order valence-corrected chi connectivity index (χ1v) is 3.40. The average Bonchev–Trinajstić information content (AvgIpc) is 2.09. The molecule has 0 amide bonds. The highest BCUT2D eigenvalue weighted by Crippen LogP contribution is 2.10. The smallest absolute Gasteiger partial charge is 0.350 e. The molecule has 0 saturated carbocycles. The zero-order chi connectivity index (χ0) is 9.14. The molecule has 66 valence electrons. The van der Waals surface area contributed by atoms with Crippen LogP contribution in [0.1, 0.15) is 5.56 Å². The van der Waals surface area contributed by atoms with Gasteiger partial charge in [0.05, 0.1) is 19.3 Å². The summed E-state index contributed by atoms with van der Waals surface area (Å²) in [6.45, 7) is -0.190. The zero-order valence-corrected chi connectivity index (χ0v) is 6.94. The maximum atomic E-state index is 11.0. The highest BCUT2D eigenvalue weighted by atomic mass is 16.5. The third-order valence-electron chi connectivity index (χ3n) is 1.49. The summed E-state index contributed by atoms with van der Waals surface area (Å²) in [4.78, 5) is 14.5. The molecule has 1 aromatic heterocycles. The van der Waals surface area contributed by atoms with Gasteiger partial charge >= 0.3 is 5.69 Å². The normalized spacial score (nSPS) is 9.92. The summed E-state index contributed by atoms with van der Waals surface area (Å²) in [5, 5.41) is 8.83. The number of hydrogen-bond donors (Lipinski definition) is 1. The summed E-state index contributed by atoms with van der Waals surface area (Å²) >= 11 is 0. The van der Waals surface area contributed by atoms with Crippen LogP contribution in [-0.4, -0.2) is 21.8 Å². The molecule has 0 bridgehead atoms. The van der Waals surface area contributed by atoms with Crippen LogP contribution in [0, 0.1) is 0 Å². The number of rotatable bonds is 2. The van der Waals surface area contributed by atoms with Gasteiger partial charge in [-0.1, -0.05) is 0 Å². The zero-order valence-electron chi connectivity index (χ0n) is 6.94. The monoisotopic (exact) mass is 170 g/mol. The van der Waals surface area contributed by atoms with E-state index in [9.17, 15) is 4.79 Å². The number of nitrogens with zero attached hydrogens (tertiary/aromatic N) is 2. The van der Waals surface area contributed by atoms with E-state index in [2.05, 4.69) is 4.98 Å². The van der Waals surface area contributed by atoms with Gasteiger partial charge in [0.15, 0.2) is 0 Å². The average molecular weight is 170 g/mol. The van der Waals surface area contributed by atoms with Gasteiger partial charge in [-0.05, 0) is 0 Å². The van der Waals surface area contributed by atoms with Gasteiger partial charge in [0.25, 0.3) is 0 Å². The molecule has 12 heavy (non-hydrogen) atoms. The Bertz CT molecular complexity index is 332. The highest BCUT2D eigenvalue weighted by Gasteiger charge is 2.05. The van der Waals surface area contributed by atoms with Crippen LogP contribution in [-0.2, 0) is 13.7 Å². The molecule has 5 heteroatoms. The SMILES string of the molecule is COc1nc(=O)n(C)cc1CO. The van der Waals surface area contributed by atoms with Crippen LogP contribution >= 0.6 is 0 Å². The summed E-state index contributed by atoms with van der Waals surface area (Å²) in [5.41, 5.74) is 0.101. The summed E-state index contributed by atoms with van der Waals surface area (Å²) in [7, 11) is 2.97. The summed E-state index contributed by atoms with van der Waals surface area (Å²) in [6, 6.07) is 0. The molecule has 1 N–H and O–H groups in total. The quantitative estimate of drug-likeness (QED) is 0.636. The third-order valence-corrected chi connectivity index (χ3v) is 1.49. The second-order valence-corrected chi connectivity index (χ2v) is 2.33. The molecule has 0 spiro atoms. The molecule has 5 nitrogen and oxygen atoms in total. The predicted octanol–water partition coefficient (Wildman–Crippen LogP) is -0.719. The first-order chi connectivity index (χ1) is 5.69. The number of ether oxygens (including phenoxy) is 1. The highest BCUT2D eigenvalue weighted by molar-refractivity contribution is 5.21. The molecule has 0 radical (unpaired) electrons. The molecule has 0 aliphatic heterocycles. The summed E-state index contributed by atoms with van der Waals surface area (Å²) < 4.78 is 6.07. The van der Waals surface area contributed by atoms with Gasteiger partial charge in [-0.25, -0.2) is 4.79 Å². The molecule has 0 fully saturated rings. The Kier molecular flexibility index (Phi) is 2.44. The first kappa shape index (κ1) is 8.73. The Balaban J connectivity index is 3.29. The van der Waals surface area contributed by atoms with Crippen molar-refractivity contribution in [2.75, 3.05) is 7.11 Å². The van der Waals surface area contributed by atoms with Gasteiger partial charge < -0.3 is 14.4 Å². The second kappa shape index (κ2) is 3.36. The molecule has 0 aliphatic carbocycles. The largest absolute Gasteiger partial charge is 0.481 e. The minimum absolute atomic E-state index is 0.181. The molecular weight excluding hydrogens is 160 g/mol. The van der Waals surface area contributed by atoms with Crippen LogP contribution in [0.5, 0.6) is 5.88 Å². The number of hydrogen-bond acceptors (Lipinski definition) is 4. The number of aliphatic hydroxyl groups is 1. The molecule has 0 aromatic carbocycles. The van der Waals surface area contributed by atoms with Crippen molar-refractivity contribution in [3.63, 3.8) is 0 Å². The van der Waals surface area contributed by atoms with Crippen LogP contribution in [0.3, 0.4) is 0 Å². The first-order valence-electron chi connectivity index (χ1n) is 3.40. The van der Waals surface area contributed by atoms with Crippen LogP contribution in [0.15, 0.2) is 11.0 Å². The maximum Gasteiger partial charge on any atom is 0.350 e. The fourth-order valence-corrected chi connectivity index (χ4v) is 0.867. The van der Waals surface area contributed by atoms with Crippen LogP contribution < -0.4 is 10.4 Å². The topological polar surface area (TPSA) is 64.3 Å². The van der Waals surface area contributed by atoms with Crippen LogP contribution in [0.4, 0.5) is 0 Å². The van der Waals surface area contributed by atoms with E-state index in [1.165, 1.54) is 17.9 Å². The van der Waals surface area contributed by atoms with E-state index in [0.29, 0.717) is 5.56 Å². The van der Waals surface area contributed by atoms with Crippen molar-refractivity contribution < 1.29 is 9.84 Å². The minimum atomic E-state index is -0.399. The number of aromatic nitrogens is 2. The number of aryl methyl sites for hydroxylation is 1.